The van der Waals surface area contributed by atoms with Gasteiger partial charge < -0.3 is 4.74 Å². The molecule has 0 aliphatic heterocycles. The minimum absolute atomic E-state index is 0.312. The standard InChI is InChI=1S/C15H13BrN4O/c1-11-2-8-14(9-3-11)21-10-15-17-18-19-20(15)13-6-4-12(16)5-7-13/h2-9H,10H2,1H3. The third-order valence-corrected chi connectivity index (χ3v) is 3.52. The monoisotopic (exact) mass is 344 g/mol. The van der Waals surface area contributed by atoms with Crippen LogP contribution >= 0.6 is 15.9 Å². The van der Waals surface area contributed by atoms with Crippen molar-refractivity contribution in [3.8, 4) is 11.4 Å². The highest BCUT2D eigenvalue weighted by molar-refractivity contribution is 9.10. The van der Waals surface area contributed by atoms with Crippen LogP contribution in [0.3, 0.4) is 0 Å². The third kappa shape index (κ3) is 3.28. The number of tetrazole rings is 1. The lowest BCUT2D eigenvalue weighted by atomic mass is 10.2. The van der Waals surface area contributed by atoms with Crippen LogP contribution in [0.2, 0.25) is 0 Å². The van der Waals surface area contributed by atoms with Crippen molar-refractivity contribution in [3.05, 3.63) is 64.4 Å². The van der Waals surface area contributed by atoms with E-state index in [4.69, 9.17) is 4.74 Å². The van der Waals surface area contributed by atoms with Gasteiger partial charge in [0.1, 0.15) is 12.4 Å². The number of benzene rings is 2. The van der Waals surface area contributed by atoms with E-state index in [-0.39, 0.29) is 0 Å². The number of aromatic nitrogens is 4. The summed E-state index contributed by atoms with van der Waals surface area (Å²) in [5, 5.41) is 11.7. The number of rotatable bonds is 4. The summed E-state index contributed by atoms with van der Waals surface area (Å²) in [5.41, 5.74) is 2.09. The van der Waals surface area contributed by atoms with E-state index in [1.807, 2.05) is 55.5 Å². The molecule has 1 aromatic heterocycles. The molecule has 0 saturated carbocycles. The molecule has 3 rings (SSSR count). The SMILES string of the molecule is Cc1ccc(OCc2nnnn2-c2ccc(Br)cc2)cc1. The highest BCUT2D eigenvalue weighted by atomic mass is 79.9. The van der Waals surface area contributed by atoms with Gasteiger partial charge in [0.05, 0.1) is 5.69 Å². The molecule has 0 atom stereocenters. The lowest BCUT2D eigenvalue weighted by Gasteiger charge is -2.07. The summed E-state index contributed by atoms with van der Waals surface area (Å²) in [5.74, 6) is 1.45. The average Bonchev–Trinajstić information content (AvgIpc) is 2.96. The van der Waals surface area contributed by atoms with Gasteiger partial charge >= 0.3 is 0 Å². The van der Waals surface area contributed by atoms with Gasteiger partial charge in [0.25, 0.3) is 0 Å². The van der Waals surface area contributed by atoms with Crippen LogP contribution in [0.15, 0.2) is 53.0 Å². The van der Waals surface area contributed by atoms with Gasteiger partial charge in [-0.15, -0.1) is 5.10 Å². The van der Waals surface area contributed by atoms with Gasteiger partial charge in [-0.3, -0.25) is 0 Å². The molecule has 2 aromatic carbocycles. The van der Waals surface area contributed by atoms with E-state index in [1.54, 1.807) is 4.68 Å². The van der Waals surface area contributed by atoms with Gasteiger partial charge in [-0.1, -0.05) is 33.6 Å². The van der Waals surface area contributed by atoms with Crippen molar-refractivity contribution >= 4 is 15.9 Å². The Hall–Kier alpha value is -2.21. The largest absolute Gasteiger partial charge is 0.486 e. The van der Waals surface area contributed by atoms with Crippen molar-refractivity contribution in [2.24, 2.45) is 0 Å². The second-order valence-corrected chi connectivity index (χ2v) is 5.50. The highest BCUT2D eigenvalue weighted by Crippen LogP contribution is 2.16. The zero-order valence-corrected chi connectivity index (χ0v) is 13.0. The Labute approximate surface area is 130 Å². The molecule has 0 amide bonds. The predicted octanol–water partition coefficient (Wildman–Crippen LogP) is 3.31. The molecular formula is C15H13BrN4O. The second kappa shape index (κ2) is 6.05. The lowest BCUT2D eigenvalue weighted by molar-refractivity contribution is 0.292. The average molecular weight is 345 g/mol. The maximum Gasteiger partial charge on any atom is 0.194 e. The van der Waals surface area contributed by atoms with Gasteiger partial charge in [0, 0.05) is 4.47 Å². The summed E-state index contributed by atoms with van der Waals surface area (Å²) >= 11 is 3.41. The topological polar surface area (TPSA) is 52.8 Å². The van der Waals surface area contributed by atoms with Crippen molar-refractivity contribution in [2.45, 2.75) is 13.5 Å². The van der Waals surface area contributed by atoms with E-state index in [0.29, 0.717) is 12.4 Å². The van der Waals surface area contributed by atoms with Crippen LogP contribution < -0.4 is 4.74 Å². The molecule has 5 nitrogen and oxygen atoms in total. The first kappa shape index (κ1) is 13.8. The number of ether oxygens (including phenoxy) is 1. The molecule has 0 saturated heterocycles. The molecule has 3 aromatic rings. The third-order valence-electron chi connectivity index (χ3n) is 2.99. The smallest absolute Gasteiger partial charge is 0.194 e. The molecule has 6 heteroatoms. The van der Waals surface area contributed by atoms with Crippen molar-refractivity contribution in [1.82, 2.24) is 20.2 Å². The fraction of sp³-hybridized carbons (Fsp3) is 0.133. The van der Waals surface area contributed by atoms with Crippen molar-refractivity contribution in [1.29, 1.82) is 0 Å². The van der Waals surface area contributed by atoms with E-state index >= 15 is 0 Å². The number of halogens is 1. The molecule has 21 heavy (non-hydrogen) atoms. The summed E-state index contributed by atoms with van der Waals surface area (Å²) in [4.78, 5) is 0. The molecule has 0 aliphatic rings. The van der Waals surface area contributed by atoms with Crippen LogP contribution in [-0.2, 0) is 6.61 Å². The maximum atomic E-state index is 5.72. The van der Waals surface area contributed by atoms with Gasteiger partial charge in [-0.05, 0) is 53.7 Å². The molecule has 0 unspecified atom stereocenters. The highest BCUT2D eigenvalue weighted by Gasteiger charge is 2.09. The van der Waals surface area contributed by atoms with Crippen LogP contribution in [-0.4, -0.2) is 20.2 Å². The first-order valence-corrected chi connectivity index (χ1v) is 7.24. The van der Waals surface area contributed by atoms with Crippen LogP contribution in [0.1, 0.15) is 11.4 Å². The Morgan fingerprint density at radius 3 is 2.48 bits per heavy atom. The molecule has 106 valence electrons. The fourth-order valence-electron chi connectivity index (χ4n) is 1.86. The Bertz CT molecular complexity index is 722. The molecule has 0 aliphatic carbocycles. The minimum Gasteiger partial charge on any atom is -0.486 e. The van der Waals surface area contributed by atoms with Crippen molar-refractivity contribution in [3.63, 3.8) is 0 Å². The van der Waals surface area contributed by atoms with Gasteiger partial charge in [-0.25, -0.2) is 0 Å². The fourth-order valence-corrected chi connectivity index (χ4v) is 2.13. The van der Waals surface area contributed by atoms with Crippen molar-refractivity contribution < 1.29 is 4.74 Å². The van der Waals surface area contributed by atoms with Crippen LogP contribution in [0.4, 0.5) is 0 Å². The Morgan fingerprint density at radius 1 is 1.05 bits per heavy atom. The number of hydrogen-bond donors (Lipinski definition) is 0. The Morgan fingerprint density at radius 2 is 1.76 bits per heavy atom. The summed E-state index contributed by atoms with van der Waals surface area (Å²) in [7, 11) is 0. The molecule has 0 spiro atoms. The van der Waals surface area contributed by atoms with E-state index in [9.17, 15) is 0 Å². The van der Waals surface area contributed by atoms with Crippen LogP contribution in [0.25, 0.3) is 5.69 Å². The molecule has 0 bridgehead atoms. The molecule has 0 radical (unpaired) electrons. The zero-order chi connectivity index (χ0) is 14.7. The van der Waals surface area contributed by atoms with E-state index in [2.05, 4.69) is 31.5 Å². The van der Waals surface area contributed by atoms with Gasteiger partial charge in [-0.2, -0.15) is 4.68 Å². The number of aryl methyl sites for hydroxylation is 1. The van der Waals surface area contributed by atoms with Gasteiger partial charge in [0.15, 0.2) is 5.82 Å². The maximum absolute atomic E-state index is 5.72. The van der Waals surface area contributed by atoms with Crippen LogP contribution in [0.5, 0.6) is 5.75 Å². The molecule has 1 heterocycles. The zero-order valence-electron chi connectivity index (χ0n) is 11.4. The van der Waals surface area contributed by atoms with E-state index < -0.39 is 0 Å². The summed E-state index contributed by atoms with van der Waals surface area (Å²) in [6.45, 7) is 2.35. The Balaban J connectivity index is 1.76. The lowest BCUT2D eigenvalue weighted by Crippen LogP contribution is -2.06. The van der Waals surface area contributed by atoms with E-state index in [1.165, 1.54) is 5.56 Å². The molecule has 0 N–H and O–H groups in total. The summed E-state index contributed by atoms with van der Waals surface area (Å²) in [6.07, 6.45) is 0. The van der Waals surface area contributed by atoms with E-state index in [0.717, 1.165) is 15.9 Å². The first-order chi connectivity index (χ1) is 10.2. The minimum atomic E-state index is 0.312. The molecule has 0 fully saturated rings. The van der Waals surface area contributed by atoms with Crippen molar-refractivity contribution in [2.75, 3.05) is 0 Å². The predicted molar refractivity (Wildman–Crippen MR) is 82.4 cm³/mol. The first-order valence-electron chi connectivity index (χ1n) is 6.45. The summed E-state index contributed by atoms with van der Waals surface area (Å²) in [6, 6.07) is 15.7. The number of hydrogen-bond acceptors (Lipinski definition) is 4. The van der Waals surface area contributed by atoms with Gasteiger partial charge in [0.2, 0.25) is 0 Å². The normalized spacial score (nSPS) is 10.6. The second-order valence-electron chi connectivity index (χ2n) is 4.59. The van der Waals surface area contributed by atoms with Crippen LogP contribution in [0, 0.1) is 6.92 Å². The Kier molecular flexibility index (Phi) is 3.96. The molecular weight excluding hydrogens is 332 g/mol. The summed E-state index contributed by atoms with van der Waals surface area (Å²) < 4.78 is 8.40. The number of nitrogens with zero attached hydrogens (tertiary/aromatic N) is 4. The quantitative estimate of drug-likeness (QED) is 0.728.